The Morgan fingerprint density at radius 2 is 2.29 bits per heavy atom. The number of hydrogen-bond acceptors (Lipinski definition) is 3. The number of methoxy groups -OCH3 is 1. The molecule has 1 fully saturated rings. The molecule has 122 valence electrons. The Morgan fingerprint density at radius 3 is 3.08 bits per heavy atom. The Labute approximate surface area is 145 Å². The Hall–Kier alpha value is -2.14. The number of nitrogens with one attached hydrogen (secondary N) is 1. The van der Waals surface area contributed by atoms with Crippen LogP contribution in [0.25, 0.3) is 10.9 Å². The average Bonchev–Trinajstić information content (AvgIpc) is 3.03. The molecule has 1 aromatic carbocycles. The van der Waals surface area contributed by atoms with Gasteiger partial charge in [-0.15, -0.1) is 0 Å². The molecule has 4 heterocycles. The van der Waals surface area contributed by atoms with Crippen molar-refractivity contribution in [2.75, 3.05) is 13.7 Å². The lowest BCUT2D eigenvalue weighted by Gasteiger charge is -2.54. The number of carbonyl (C=O) groups is 1. The summed E-state index contributed by atoms with van der Waals surface area (Å²) in [5.74, 6) is 0.165. The SMILES string of the molecule is COC(=O)[C@@]12C[C@H]3C=C[C@@H]1N(C3)C(=S)Cc1c[nH]c3cccc2c13. The minimum Gasteiger partial charge on any atom is -0.468 e. The van der Waals surface area contributed by atoms with E-state index in [1.54, 1.807) is 0 Å². The molecule has 6 rings (SSSR count). The molecule has 5 heteroatoms. The van der Waals surface area contributed by atoms with Gasteiger partial charge in [-0.05, 0) is 29.5 Å². The van der Waals surface area contributed by atoms with Crippen LogP contribution in [0.5, 0.6) is 0 Å². The molecule has 1 aliphatic carbocycles. The second-order valence-corrected chi connectivity index (χ2v) is 7.49. The van der Waals surface area contributed by atoms with Crippen molar-refractivity contribution >= 4 is 34.1 Å². The standard InChI is InChI=1S/C19H18N2O2S/c1-23-18(22)19-8-11-5-6-15(19)21(10-11)16(24)7-12-9-20-14-4-2-3-13(19)17(12)14/h2-6,9,11,15,20H,7-8,10H2,1H3/t11-,15+,19-/m1/s1. The fourth-order valence-corrected chi connectivity index (χ4v) is 5.29. The van der Waals surface area contributed by atoms with Crippen molar-refractivity contribution in [1.29, 1.82) is 0 Å². The Kier molecular flexibility index (Phi) is 2.78. The molecule has 4 bridgehead atoms. The fraction of sp³-hybridized carbons (Fsp3) is 0.368. The maximum Gasteiger partial charge on any atom is 0.318 e. The van der Waals surface area contributed by atoms with Gasteiger partial charge in [0.1, 0.15) is 5.41 Å². The first kappa shape index (κ1) is 14.2. The highest BCUT2D eigenvalue weighted by atomic mass is 32.1. The van der Waals surface area contributed by atoms with E-state index in [4.69, 9.17) is 17.0 Å². The summed E-state index contributed by atoms with van der Waals surface area (Å²) < 4.78 is 5.32. The van der Waals surface area contributed by atoms with Gasteiger partial charge in [-0.25, -0.2) is 0 Å². The second kappa shape index (κ2) is 4.70. The van der Waals surface area contributed by atoms with Crippen molar-refractivity contribution in [3.8, 4) is 0 Å². The Morgan fingerprint density at radius 1 is 1.42 bits per heavy atom. The van der Waals surface area contributed by atoms with Crippen LogP contribution in [0.2, 0.25) is 0 Å². The monoisotopic (exact) mass is 338 g/mol. The summed E-state index contributed by atoms with van der Waals surface area (Å²) >= 11 is 5.76. The van der Waals surface area contributed by atoms with Gasteiger partial charge in [0.25, 0.3) is 0 Å². The predicted molar refractivity (Wildman–Crippen MR) is 96.0 cm³/mol. The van der Waals surface area contributed by atoms with Crippen LogP contribution in [-0.2, 0) is 21.4 Å². The van der Waals surface area contributed by atoms with E-state index in [0.29, 0.717) is 5.92 Å². The number of nitrogens with zero attached hydrogens (tertiary/aromatic N) is 1. The number of aromatic nitrogens is 1. The molecule has 0 saturated carbocycles. The second-order valence-electron chi connectivity index (χ2n) is 7.02. The minimum absolute atomic E-state index is 0.0592. The Balaban J connectivity index is 1.91. The van der Waals surface area contributed by atoms with Gasteiger partial charge in [0.2, 0.25) is 0 Å². The van der Waals surface area contributed by atoms with Crippen LogP contribution in [0.1, 0.15) is 17.5 Å². The van der Waals surface area contributed by atoms with Gasteiger partial charge in [0, 0.05) is 30.1 Å². The molecular weight excluding hydrogens is 320 g/mol. The predicted octanol–water partition coefficient (Wildman–Crippen LogP) is 2.72. The average molecular weight is 338 g/mol. The third-order valence-corrected chi connectivity index (χ3v) is 6.28. The number of esters is 1. The van der Waals surface area contributed by atoms with Crippen molar-refractivity contribution in [2.45, 2.75) is 24.3 Å². The van der Waals surface area contributed by atoms with Gasteiger partial charge in [0.15, 0.2) is 0 Å². The van der Waals surface area contributed by atoms with E-state index < -0.39 is 5.41 Å². The van der Waals surface area contributed by atoms with E-state index in [0.717, 1.165) is 40.8 Å². The quantitative estimate of drug-likeness (QED) is 0.493. The number of benzene rings is 1. The van der Waals surface area contributed by atoms with Crippen LogP contribution in [0, 0.1) is 5.92 Å². The number of carbonyl (C=O) groups excluding carboxylic acids is 1. The molecule has 1 saturated heterocycles. The number of thiocarbonyl (C=S) groups is 1. The smallest absolute Gasteiger partial charge is 0.318 e. The molecule has 0 radical (unpaired) electrons. The van der Waals surface area contributed by atoms with Gasteiger partial charge < -0.3 is 14.6 Å². The van der Waals surface area contributed by atoms with E-state index in [-0.39, 0.29) is 12.0 Å². The van der Waals surface area contributed by atoms with Gasteiger partial charge in [-0.1, -0.05) is 36.5 Å². The van der Waals surface area contributed by atoms with E-state index in [9.17, 15) is 4.79 Å². The third-order valence-electron chi connectivity index (χ3n) is 5.90. The zero-order valence-electron chi connectivity index (χ0n) is 13.4. The van der Waals surface area contributed by atoms with E-state index in [1.807, 2.05) is 12.3 Å². The summed E-state index contributed by atoms with van der Waals surface area (Å²) in [4.78, 5) is 19.6. The largest absolute Gasteiger partial charge is 0.468 e. The number of ether oxygens (including phenoxy) is 1. The third kappa shape index (κ3) is 1.58. The first-order valence-electron chi connectivity index (χ1n) is 8.31. The summed E-state index contributed by atoms with van der Waals surface area (Å²) in [5.41, 5.74) is 2.63. The number of H-pyrrole nitrogens is 1. The van der Waals surface area contributed by atoms with Gasteiger partial charge in [-0.3, -0.25) is 4.79 Å². The normalized spacial score (nSPS) is 30.4. The van der Waals surface area contributed by atoms with Crippen molar-refractivity contribution in [3.05, 3.63) is 47.7 Å². The van der Waals surface area contributed by atoms with Crippen LogP contribution < -0.4 is 0 Å². The lowest BCUT2D eigenvalue weighted by molar-refractivity contribution is -0.152. The van der Waals surface area contributed by atoms with Gasteiger partial charge in [0.05, 0.1) is 18.1 Å². The van der Waals surface area contributed by atoms with Crippen molar-refractivity contribution in [3.63, 3.8) is 0 Å². The van der Waals surface area contributed by atoms with E-state index >= 15 is 0 Å². The fourth-order valence-electron chi connectivity index (χ4n) is 4.94. The number of hydrogen-bond donors (Lipinski definition) is 1. The molecule has 1 N–H and O–H groups in total. The zero-order valence-corrected chi connectivity index (χ0v) is 14.2. The van der Waals surface area contributed by atoms with Crippen LogP contribution in [-0.4, -0.2) is 40.5 Å². The maximum atomic E-state index is 13.1. The lowest BCUT2D eigenvalue weighted by atomic mass is 9.61. The molecule has 3 atom stereocenters. The summed E-state index contributed by atoms with van der Waals surface area (Å²) in [6.07, 6.45) is 7.95. The highest BCUT2D eigenvalue weighted by molar-refractivity contribution is 7.80. The summed E-state index contributed by atoms with van der Waals surface area (Å²) in [6.45, 7) is 0.897. The van der Waals surface area contributed by atoms with E-state index in [1.165, 1.54) is 12.7 Å². The summed E-state index contributed by atoms with van der Waals surface area (Å²) in [7, 11) is 1.49. The first-order chi connectivity index (χ1) is 11.6. The van der Waals surface area contributed by atoms with E-state index in [2.05, 4.69) is 34.2 Å². The highest BCUT2D eigenvalue weighted by Gasteiger charge is 2.57. The lowest BCUT2D eigenvalue weighted by Crippen LogP contribution is -2.64. The zero-order chi connectivity index (χ0) is 16.5. The Bertz CT molecular complexity index is 915. The van der Waals surface area contributed by atoms with Crippen LogP contribution >= 0.6 is 12.2 Å². The molecule has 4 nitrogen and oxygen atoms in total. The van der Waals surface area contributed by atoms with Gasteiger partial charge >= 0.3 is 5.97 Å². The topological polar surface area (TPSA) is 45.3 Å². The van der Waals surface area contributed by atoms with Crippen molar-refractivity contribution in [1.82, 2.24) is 9.88 Å². The van der Waals surface area contributed by atoms with Crippen molar-refractivity contribution in [2.24, 2.45) is 5.92 Å². The molecule has 3 aliphatic heterocycles. The maximum absolute atomic E-state index is 13.1. The molecule has 0 amide bonds. The van der Waals surface area contributed by atoms with Crippen LogP contribution in [0.4, 0.5) is 0 Å². The highest BCUT2D eigenvalue weighted by Crippen LogP contribution is 2.50. The van der Waals surface area contributed by atoms with Gasteiger partial charge in [-0.2, -0.15) is 0 Å². The molecule has 2 aromatic rings. The molecule has 24 heavy (non-hydrogen) atoms. The molecule has 0 spiro atoms. The molecule has 1 aromatic heterocycles. The summed E-state index contributed by atoms with van der Waals surface area (Å²) in [5, 5.41) is 1.14. The van der Waals surface area contributed by atoms with Crippen LogP contribution in [0.15, 0.2) is 36.5 Å². The molecule has 0 unspecified atom stereocenters. The minimum atomic E-state index is -0.687. The van der Waals surface area contributed by atoms with Crippen molar-refractivity contribution < 1.29 is 9.53 Å². The van der Waals surface area contributed by atoms with Crippen LogP contribution in [0.3, 0.4) is 0 Å². The molecule has 4 aliphatic rings. The number of aromatic amines is 1. The number of rotatable bonds is 1. The summed E-state index contributed by atoms with van der Waals surface area (Å²) in [6, 6.07) is 6.12. The number of piperidine rings is 1. The molecular formula is C19H18N2O2S. The first-order valence-corrected chi connectivity index (χ1v) is 8.71.